The second-order valence-electron chi connectivity index (χ2n) is 4.48. The molecule has 2 aromatic rings. The molecule has 1 aromatic heterocycles. The van der Waals surface area contributed by atoms with Crippen LogP contribution in [0.3, 0.4) is 0 Å². The maximum absolute atomic E-state index is 12.2. The summed E-state index contributed by atoms with van der Waals surface area (Å²) < 4.78 is 0. The normalized spacial score (nSPS) is 10.3. The fourth-order valence-corrected chi connectivity index (χ4v) is 2.68. The van der Waals surface area contributed by atoms with Gasteiger partial charge in [0.25, 0.3) is 11.8 Å². The number of nitrogens with one attached hydrogen (secondary N) is 1. The minimum atomic E-state index is -0.284. The molecule has 0 saturated carbocycles. The first-order chi connectivity index (χ1) is 10.5. The number of thiazole rings is 1. The SMILES string of the molecule is CCN(CC)C(=O)c1csc(NC(=O)c2ccc(Cl)cc2)n1. The Labute approximate surface area is 137 Å². The Morgan fingerprint density at radius 1 is 1.23 bits per heavy atom. The minimum absolute atomic E-state index is 0.131. The standard InChI is InChI=1S/C15H16ClN3O2S/c1-3-19(4-2)14(21)12-9-22-15(17-12)18-13(20)10-5-7-11(16)8-6-10/h5-9H,3-4H2,1-2H3,(H,17,18,20). The van der Waals surface area contributed by atoms with E-state index in [1.165, 1.54) is 11.3 Å². The van der Waals surface area contributed by atoms with Crippen molar-refractivity contribution in [2.24, 2.45) is 0 Å². The van der Waals surface area contributed by atoms with Crippen molar-refractivity contribution < 1.29 is 9.59 Å². The van der Waals surface area contributed by atoms with Crippen molar-refractivity contribution >= 4 is 39.9 Å². The lowest BCUT2D eigenvalue weighted by Gasteiger charge is -2.16. The topological polar surface area (TPSA) is 62.3 Å². The molecule has 2 rings (SSSR count). The molecule has 0 saturated heterocycles. The summed E-state index contributed by atoms with van der Waals surface area (Å²) in [7, 11) is 0. The lowest BCUT2D eigenvalue weighted by Crippen LogP contribution is -2.30. The van der Waals surface area contributed by atoms with E-state index in [-0.39, 0.29) is 11.8 Å². The van der Waals surface area contributed by atoms with Crippen LogP contribution in [0.2, 0.25) is 5.02 Å². The first-order valence-electron chi connectivity index (χ1n) is 6.86. The molecule has 7 heteroatoms. The molecule has 0 aliphatic rings. The third-order valence-electron chi connectivity index (χ3n) is 3.10. The molecule has 0 fully saturated rings. The molecule has 0 atom stereocenters. The lowest BCUT2D eigenvalue weighted by molar-refractivity contribution is 0.0767. The molecule has 22 heavy (non-hydrogen) atoms. The number of hydrogen-bond donors (Lipinski definition) is 1. The van der Waals surface area contributed by atoms with Crippen LogP contribution in [0.1, 0.15) is 34.7 Å². The highest BCUT2D eigenvalue weighted by molar-refractivity contribution is 7.14. The van der Waals surface area contributed by atoms with Crippen molar-refractivity contribution in [1.29, 1.82) is 0 Å². The van der Waals surface area contributed by atoms with Crippen LogP contribution in [-0.4, -0.2) is 34.8 Å². The minimum Gasteiger partial charge on any atom is -0.338 e. The largest absolute Gasteiger partial charge is 0.338 e. The van der Waals surface area contributed by atoms with Gasteiger partial charge in [-0.15, -0.1) is 11.3 Å². The molecule has 2 amide bonds. The predicted molar refractivity (Wildman–Crippen MR) is 88.8 cm³/mol. The summed E-state index contributed by atoms with van der Waals surface area (Å²) in [5.74, 6) is -0.416. The van der Waals surface area contributed by atoms with Gasteiger partial charge < -0.3 is 4.90 Å². The number of carbonyl (C=O) groups is 2. The number of carbonyl (C=O) groups excluding carboxylic acids is 2. The number of aromatic nitrogens is 1. The molecule has 0 spiro atoms. The second kappa shape index (κ2) is 7.38. The molecular formula is C15H16ClN3O2S. The van der Waals surface area contributed by atoms with E-state index in [0.717, 1.165) is 0 Å². The van der Waals surface area contributed by atoms with Crippen LogP contribution in [0.25, 0.3) is 0 Å². The summed E-state index contributed by atoms with van der Waals surface area (Å²) in [6, 6.07) is 6.56. The number of rotatable bonds is 5. The Hall–Kier alpha value is -1.92. The third-order valence-corrected chi connectivity index (χ3v) is 4.11. The number of nitrogens with zero attached hydrogens (tertiary/aromatic N) is 2. The van der Waals surface area contributed by atoms with Crippen molar-refractivity contribution in [3.8, 4) is 0 Å². The number of benzene rings is 1. The van der Waals surface area contributed by atoms with E-state index in [1.807, 2.05) is 13.8 Å². The van der Waals surface area contributed by atoms with Gasteiger partial charge >= 0.3 is 0 Å². The zero-order chi connectivity index (χ0) is 16.1. The van der Waals surface area contributed by atoms with Gasteiger partial charge in [-0.3, -0.25) is 14.9 Å². The number of hydrogen-bond acceptors (Lipinski definition) is 4. The molecule has 1 heterocycles. The van der Waals surface area contributed by atoms with Crippen molar-refractivity contribution in [3.05, 3.63) is 45.9 Å². The van der Waals surface area contributed by atoms with Gasteiger partial charge in [-0.1, -0.05) is 11.6 Å². The Morgan fingerprint density at radius 3 is 2.45 bits per heavy atom. The van der Waals surface area contributed by atoms with Gasteiger partial charge in [0, 0.05) is 29.1 Å². The Bertz CT molecular complexity index is 666. The van der Waals surface area contributed by atoms with Gasteiger partial charge in [-0.2, -0.15) is 0 Å². The fraction of sp³-hybridized carbons (Fsp3) is 0.267. The van der Waals surface area contributed by atoms with Crippen LogP contribution in [0.15, 0.2) is 29.6 Å². The zero-order valence-corrected chi connectivity index (χ0v) is 13.9. The molecular weight excluding hydrogens is 322 g/mol. The van der Waals surface area contributed by atoms with Crippen LogP contribution < -0.4 is 5.32 Å². The predicted octanol–water partition coefficient (Wildman–Crippen LogP) is 3.53. The first-order valence-corrected chi connectivity index (χ1v) is 8.12. The molecule has 0 bridgehead atoms. The maximum atomic E-state index is 12.2. The van der Waals surface area contributed by atoms with Crippen molar-refractivity contribution in [2.75, 3.05) is 18.4 Å². The number of amides is 2. The van der Waals surface area contributed by atoms with Crippen molar-refractivity contribution in [2.45, 2.75) is 13.8 Å². The molecule has 0 aliphatic heterocycles. The highest BCUT2D eigenvalue weighted by atomic mass is 35.5. The molecule has 5 nitrogen and oxygen atoms in total. The zero-order valence-electron chi connectivity index (χ0n) is 12.3. The first kappa shape index (κ1) is 16.5. The van der Waals surface area contributed by atoms with Crippen molar-refractivity contribution in [3.63, 3.8) is 0 Å². The molecule has 1 N–H and O–H groups in total. The highest BCUT2D eigenvalue weighted by Gasteiger charge is 2.17. The molecule has 1 aromatic carbocycles. The Kier molecular flexibility index (Phi) is 5.51. The smallest absolute Gasteiger partial charge is 0.273 e. The summed E-state index contributed by atoms with van der Waals surface area (Å²) in [6.07, 6.45) is 0. The number of anilines is 1. The van der Waals surface area contributed by atoms with Crippen LogP contribution in [0, 0.1) is 0 Å². The van der Waals surface area contributed by atoms with Gasteiger partial charge in [0.1, 0.15) is 5.69 Å². The molecule has 0 aliphatic carbocycles. The Morgan fingerprint density at radius 2 is 1.86 bits per heavy atom. The van der Waals surface area contributed by atoms with Crippen molar-refractivity contribution in [1.82, 2.24) is 9.88 Å². The van der Waals surface area contributed by atoms with Crippen LogP contribution in [-0.2, 0) is 0 Å². The summed E-state index contributed by atoms with van der Waals surface area (Å²) in [5, 5.41) is 5.30. The van der Waals surface area contributed by atoms with E-state index in [1.54, 1.807) is 34.5 Å². The van der Waals surface area contributed by atoms with Gasteiger partial charge in [0.2, 0.25) is 0 Å². The van der Waals surface area contributed by atoms with E-state index in [2.05, 4.69) is 10.3 Å². The van der Waals surface area contributed by atoms with E-state index in [9.17, 15) is 9.59 Å². The van der Waals surface area contributed by atoms with Crippen LogP contribution >= 0.6 is 22.9 Å². The van der Waals surface area contributed by atoms with E-state index < -0.39 is 0 Å². The molecule has 116 valence electrons. The Balaban J connectivity index is 2.07. The van der Waals surface area contributed by atoms with Gasteiger partial charge in [-0.05, 0) is 38.1 Å². The molecule has 0 radical (unpaired) electrons. The summed E-state index contributed by atoms with van der Waals surface area (Å²) in [6.45, 7) is 5.08. The quantitative estimate of drug-likeness (QED) is 0.907. The molecule has 0 unspecified atom stereocenters. The van der Waals surface area contributed by atoms with E-state index in [0.29, 0.717) is 34.5 Å². The number of halogens is 1. The lowest BCUT2D eigenvalue weighted by atomic mass is 10.2. The second-order valence-corrected chi connectivity index (χ2v) is 5.77. The van der Waals surface area contributed by atoms with Gasteiger partial charge in [0.05, 0.1) is 0 Å². The highest BCUT2D eigenvalue weighted by Crippen LogP contribution is 2.18. The monoisotopic (exact) mass is 337 g/mol. The summed E-state index contributed by atoms with van der Waals surface area (Å²) in [5.41, 5.74) is 0.830. The third kappa shape index (κ3) is 3.84. The van der Waals surface area contributed by atoms with E-state index >= 15 is 0 Å². The van der Waals surface area contributed by atoms with Crippen LogP contribution in [0.4, 0.5) is 5.13 Å². The van der Waals surface area contributed by atoms with Gasteiger partial charge in [0.15, 0.2) is 5.13 Å². The van der Waals surface area contributed by atoms with Crippen LogP contribution in [0.5, 0.6) is 0 Å². The van der Waals surface area contributed by atoms with E-state index in [4.69, 9.17) is 11.6 Å². The average Bonchev–Trinajstić information content (AvgIpc) is 2.97. The summed E-state index contributed by atoms with van der Waals surface area (Å²) >= 11 is 7.01. The maximum Gasteiger partial charge on any atom is 0.273 e. The summed E-state index contributed by atoms with van der Waals surface area (Å²) in [4.78, 5) is 30.1. The fourth-order valence-electron chi connectivity index (χ4n) is 1.87. The van der Waals surface area contributed by atoms with Gasteiger partial charge in [-0.25, -0.2) is 4.98 Å². The average molecular weight is 338 g/mol.